The molecule has 5 rings (SSSR count). The van der Waals surface area contributed by atoms with E-state index in [4.69, 9.17) is 14.1 Å². The van der Waals surface area contributed by atoms with Gasteiger partial charge < -0.3 is 23.9 Å². The third-order valence-electron chi connectivity index (χ3n) is 7.82. The zero-order valence-corrected chi connectivity index (χ0v) is 22.2. The molecule has 1 atom stereocenters. The van der Waals surface area contributed by atoms with Gasteiger partial charge in [0.1, 0.15) is 11.6 Å². The highest BCUT2D eigenvalue weighted by Gasteiger charge is 2.33. The van der Waals surface area contributed by atoms with E-state index < -0.39 is 0 Å². The molecule has 2 aliphatic rings. The van der Waals surface area contributed by atoms with Crippen LogP contribution in [0.2, 0.25) is 0 Å². The summed E-state index contributed by atoms with van der Waals surface area (Å²) in [5, 5.41) is 10.2. The molecule has 0 bridgehead atoms. The number of oxazole rings is 1. The summed E-state index contributed by atoms with van der Waals surface area (Å²) < 4.78 is 11.8. The van der Waals surface area contributed by atoms with Crippen molar-refractivity contribution in [1.29, 1.82) is 5.26 Å². The van der Waals surface area contributed by atoms with Gasteiger partial charge in [-0.3, -0.25) is 4.79 Å². The molecule has 0 spiro atoms. The van der Waals surface area contributed by atoms with E-state index >= 15 is 0 Å². The van der Waals surface area contributed by atoms with Gasteiger partial charge in [0, 0.05) is 37.8 Å². The van der Waals surface area contributed by atoms with E-state index in [1.165, 1.54) is 0 Å². The number of nitrogens with zero attached hydrogens (tertiary/aromatic N) is 5. The Kier molecular flexibility index (Phi) is 7.07. The van der Waals surface area contributed by atoms with E-state index in [9.17, 15) is 10.1 Å². The third-order valence-corrected chi connectivity index (χ3v) is 7.82. The first kappa shape index (κ1) is 25.1. The second kappa shape index (κ2) is 10.4. The van der Waals surface area contributed by atoms with Gasteiger partial charge in [0.05, 0.1) is 23.8 Å². The number of aromatic nitrogens is 1. The number of hydrogen-bond donors (Lipinski definition) is 0. The lowest BCUT2D eigenvalue weighted by Crippen LogP contribution is -2.37. The lowest BCUT2D eigenvalue weighted by atomic mass is 9.93. The van der Waals surface area contributed by atoms with Crippen LogP contribution in [0.1, 0.15) is 37.3 Å². The number of piperidine rings is 1. The first-order chi connectivity index (χ1) is 17.9. The smallest absolute Gasteiger partial charge is 0.309 e. The predicted molar refractivity (Wildman–Crippen MR) is 145 cm³/mol. The van der Waals surface area contributed by atoms with Crippen LogP contribution in [0.3, 0.4) is 0 Å². The summed E-state index contributed by atoms with van der Waals surface area (Å²) in [6, 6.07) is 13.6. The number of hydrogen-bond acceptors (Lipinski definition) is 8. The molecule has 194 valence electrons. The lowest BCUT2D eigenvalue weighted by molar-refractivity contribution is -0.148. The Balaban J connectivity index is 1.60. The van der Waals surface area contributed by atoms with Crippen molar-refractivity contribution in [2.45, 2.75) is 39.2 Å². The van der Waals surface area contributed by atoms with Crippen molar-refractivity contribution in [2.24, 2.45) is 5.92 Å². The average molecular weight is 502 g/mol. The molecule has 3 heterocycles. The van der Waals surface area contributed by atoms with Crippen LogP contribution in [0.25, 0.3) is 22.2 Å². The first-order valence-corrected chi connectivity index (χ1v) is 13.2. The first-order valence-electron chi connectivity index (χ1n) is 13.2. The highest BCUT2D eigenvalue weighted by atomic mass is 16.5. The fraction of sp³-hybridized carbons (Fsp3) is 0.483. The number of nitriles is 1. The standard InChI is InChI=1S/C29H35N5O3/c1-5-36-28(35)21-11-14-33(15-12-21)29-31-25-23(17-30)19(2)24(20-9-7-6-8-10-20)26(27(25)37-29)34-16-13-22(18-34)32(3)4/h6-10,21-22H,5,11-16,18H2,1-4H3/t22-/m0/s1. The Hall–Kier alpha value is -3.57. The topological polar surface area (TPSA) is 85.8 Å². The summed E-state index contributed by atoms with van der Waals surface area (Å²) in [6.45, 7) is 7.36. The Morgan fingerprint density at radius 2 is 1.86 bits per heavy atom. The van der Waals surface area contributed by atoms with Crippen molar-refractivity contribution in [3.8, 4) is 17.2 Å². The molecule has 3 aromatic rings. The van der Waals surface area contributed by atoms with Crippen LogP contribution in [0.5, 0.6) is 0 Å². The van der Waals surface area contributed by atoms with Gasteiger partial charge in [0.2, 0.25) is 0 Å². The molecule has 2 fully saturated rings. The summed E-state index contributed by atoms with van der Waals surface area (Å²) in [5.41, 5.74) is 5.88. The second-order valence-corrected chi connectivity index (χ2v) is 10.2. The molecule has 37 heavy (non-hydrogen) atoms. The van der Waals surface area contributed by atoms with E-state index in [0.29, 0.717) is 61.3 Å². The molecule has 0 N–H and O–H groups in total. The van der Waals surface area contributed by atoms with E-state index in [2.05, 4.69) is 47.0 Å². The van der Waals surface area contributed by atoms with Crippen LogP contribution in [0, 0.1) is 24.2 Å². The van der Waals surface area contributed by atoms with E-state index in [0.717, 1.165) is 41.9 Å². The van der Waals surface area contributed by atoms with Gasteiger partial charge in [-0.25, -0.2) is 0 Å². The average Bonchev–Trinajstić information content (AvgIpc) is 3.57. The maximum absolute atomic E-state index is 12.2. The van der Waals surface area contributed by atoms with Crippen molar-refractivity contribution in [1.82, 2.24) is 9.88 Å². The van der Waals surface area contributed by atoms with Crippen molar-refractivity contribution < 1.29 is 13.9 Å². The van der Waals surface area contributed by atoms with Crippen molar-refractivity contribution in [3.63, 3.8) is 0 Å². The third kappa shape index (κ3) is 4.64. The molecule has 8 nitrogen and oxygen atoms in total. The fourth-order valence-corrected chi connectivity index (χ4v) is 5.70. The summed E-state index contributed by atoms with van der Waals surface area (Å²) in [4.78, 5) is 23.9. The minimum atomic E-state index is -0.124. The minimum absolute atomic E-state index is 0.0923. The maximum Gasteiger partial charge on any atom is 0.309 e. The Labute approximate surface area is 218 Å². The highest BCUT2D eigenvalue weighted by molar-refractivity contribution is 6.03. The van der Waals surface area contributed by atoms with Crippen molar-refractivity contribution in [3.05, 3.63) is 41.5 Å². The molecule has 2 saturated heterocycles. The Bertz CT molecular complexity index is 1320. The van der Waals surface area contributed by atoms with Gasteiger partial charge in [-0.2, -0.15) is 10.2 Å². The summed E-state index contributed by atoms with van der Waals surface area (Å²) >= 11 is 0. The fourth-order valence-electron chi connectivity index (χ4n) is 5.70. The minimum Gasteiger partial charge on any atom is -0.466 e. The summed E-state index contributed by atoms with van der Waals surface area (Å²) in [5.74, 6) is -0.216. The number of rotatable bonds is 6. The molecule has 2 aliphatic heterocycles. The largest absolute Gasteiger partial charge is 0.466 e. The SMILES string of the molecule is CCOC(=O)C1CCN(c2nc3c(C#N)c(C)c(-c4ccccc4)c(N4CC[C@H](N(C)C)C4)c3o2)CC1. The van der Waals surface area contributed by atoms with E-state index in [-0.39, 0.29) is 11.9 Å². The number of benzene rings is 2. The normalized spacial score (nSPS) is 18.5. The predicted octanol–water partition coefficient (Wildman–Crippen LogP) is 4.59. The summed E-state index contributed by atoms with van der Waals surface area (Å²) in [6.07, 6.45) is 2.45. The molecule has 0 saturated carbocycles. The van der Waals surface area contributed by atoms with E-state index in [1.807, 2.05) is 32.0 Å². The van der Waals surface area contributed by atoms with Gasteiger partial charge in [-0.05, 0) is 58.3 Å². The molecule has 0 unspecified atom stereocenters. The number of fused-ring (bicyclic) bond motifs is 1. The van der Waals surface area contributed by atoms with Crippen LogP contribution in [0.15, 0.2) is 34.7 Å². The van der Waals surface area contributed by atoms with Crippen LogP contribution in [-0.2, 0) is 9.53 Å². The van der Waals surface area contributed by atoms with Crippen LogP contribution in [0.4, 0.5) is 11.7 Å². The van der Waals surface area contributed by atoms with Gasteiger partial charge >= 0.3 is 5.97 Å². The maximum atomic E-state index is 12.2. The van der Waals surface area contributed by atoms with Crippen LogP contribution >= 0.6 is 0 Å². The molecule has 2 aromatic carbocycles. The monoisotopic (exact) mass is 501 g/mol. The van der Waals surface area contributed by atoms with Gasteiger partial charge in [-0.1, -0.05) is 30.3 Å². The number of ether oxygens (including phenoxy) is 1. The molecule has 0 amide bonds. The zero-order chi connectivity index (χ0) is 26.1. The highest BCUT2D eigenvalue weighted by Crippen LogP contribution is 2.45. The van der Waals surface area contributed by atoms with Crippen LogP contribution < -0.4 is 9.80 Å². The van der Waals surface area contributed by atoms with E-state index in [1.54, 1.807) is 0 Å². The molecule has 0 aliphatic carbocycles. The second-order valence-electron chi connectivity index (χ2n) is 10.2. The van der Waals surface area contributed by atoms with Gasteiger partial charge in [0.15, 0.2) is 5.58 Å². The molecule has 0 radical (unpaired) electrons. The number of likely N-dealkylation sites (N-methyl/N-ethyl adjacent to an activating group) is 1. The van der Waals surface area contributed by atoms with Crippen molar-refractivity contribution in [2.75, 3.05) is 56.7 Å². The van der Waals surface area contributed by atoms with Crippen LogP contribution in [-0.4, -0.2) is 68.8 Å². The molecule has 8 heteroatoms. The Morgan fingerprint density at radius 1 is 1.16 bits per heavy atom. The number of esters is 1. The molecular weight excluding hydrogens is 466 g/mol. The number of carbonyl (C=O) groups is 1. The zero-order valence-electron chi connectivity index (χ0n) is 22.2. The molecular formula is C29H35N5O3. The molecule has 1 aromatic heterocycles. The quantitative estimate of drug-likeness (QED) is 0.453. The van der Waals surface area contributed by atoms with Gasteiger partial charge in [-0.15, -0.1) is 0 Å². The number of anilines is 2. The van der Waals surface area contributed by atoms with Crippen molar-refractivity contribution >= 4 is 28.8 Å². The number of carbonyl (C=O) groups excluding carboxylic acids is 1. The Morgan fingerprint density at radius 3 is 2.49 bits per heavy atom. The summed E-state index contributed by atoms with van der Waals surface area (Å²) in [7, 11) is 4.25. The lowest BCUT2D eigenvalue weighted by Gasteiger charge is -2.29. The van der Waals surface area contributed by atoms with Gasteiger partial charge in [0.25, 0.3) is 6.01 Å².